The van der Waals surface area contributed by atoms with E-state index in [2.05, 4.69) is 6.92 Å². The van der Waals surface area contributed by atoms with Crippen LogP contribution in [0.4, 0.5) is 0 Å². The summed E-state index contributed by atoms with van der Waals surface area (Å²) in [5.41, 5.74) is 0. The highest BCUT2D eigenvalue weighted by Gasteiger charge is 2.19. The molecule has 0 aromatic carbocycles. The molecule has 0 radical (unpaired) electrons. The molecule has 1 fully saturated rings. The van der Waals surface area contributed by atoms with Crippen molar-refractivity contribution in [3.8, 4) is 0 Å². The molecule has 1 aliphatic rings. The van der Waals surface area contributed by atoms with Gasteiger partial charge in [0.2, 0.25) is 11.8 Å². The van der Waals surface area contributed by atoms with Crippen molar-refractivity contribution in [3.63, 3.8) is 0 Å². The molecule has 0 aromatic heterocycles. The molecule has 1 aliphatic heterocycles. The maximum absolute atomic E-state index is 11.9. The van der Waals surface area contributed by atoms with E-state index < -0.39 is 0 Å². The summed E-state index contributed by atoms with van der Waals surface area (Å²) in [6.45, 7) is 7.23. The third-order valence-corrected chi connectivity index (χ3v) is 3.36. The Hall–Kier alpha value is -1.06. The Balaban J connectivity index is 2.35. The van der Waals surface area contributed by atoms with Crippen LogP contribution in [0.5, 0.6) is 0 Å². The fourth-order valence-corrected chi connectivity index (χ4v) is 2.36. The van der Waals surface area contributed by atoms with Crippen molar-refractivity contribution in [2.45, 2.75) is 52.4 Å². The molecule has 0 aliphatic carbocycles. The Labute approximate surface area is 110 Å². The molecule has 0 atom stereocenters. The second kappa shape index (κ2) is 8.11. The highest BCUT2D eigenvalue weighted by atomic mass is 16.2. The van der Waals surface area contributed by atoms with E-state index in [1.807, 2.05) is 16.7 Å². The van der Waals surface area contributed by atoms with Crippen LogP contribution in [-0.2, 0) is 9.59 Å². The van der Waals surface area contributed by atoms with E-state index in [0.29, 0.717) is 19.4 Å². The molecule has 0 unspecified atom stereocenters. The predicted octanol–water partition coefficient (Wildman–Crippen LogP) is 2.04. The van der Waals surface area contributed by atoms with Gasteiger partial charge in [0.15, 0.2) is 0 Å². The van der Waals surface area contributed by atoms with E-state index in [1.165, 1.54) is 0 Å². The summed E-state index contributed by atoms with van der Waals surface area (Å²) in [6, 6.07) is 0. The molecule has 18 heavy (non-hydrogen) atoms. The van der Waals surface area contributed by atoms with E-state index in [0.717, 1.165) is 45.3 Å². The van der Waals surface area contributed by atoms with Gasteiger partial charge < -0.3 is 9.80 Å². The van der Waals surface area contributed by atoms with Gasteiger partial charge in [0, 0.05) is 39.0 Å². The predicted molar refractivity (Wildman–Crippen MR) is 72.2 cm³/mol. The third-order valence-electron chi connectivity index (χ3n) is 3.36. The summed E-state index contributed by atoms with van der Waals surface area (Å²) >= 11 is 0. The van der Waals surface area contributed by atoms with E-state index in [1.54, 1.807) is 0 Å². The van der Waals surface area contributed by atoms with E-state index >= 15 is 0 Å². The second-order valence-electron chi connectivity index (χ2n) is 4.97. The molecule has 2 amide bonds. The zero-order valence-electron chi connectivity index (χ0n) is 11.8. The van der Waals surface area contributed by atoms with Crippen molar-refractivity contribution in [1.82, 2.24) is 9.80 Å². The fraction of sp³-hybridized carbons (Fsp3) is 0.857. The molecule has 4 heteroatoms. The monoisotopic (exact) mass is 254 g/mol. The molecule has 0 bridgehead atoms. The quantitative estimate of drug-likeness (QED) is 0.697. The van der Waals surface area contributed by atoms with Crippen molar-refractivity contribution in [2.75, 3.05) is 26.2 Å². The van der Waals surface area contributed by atoms with Crippen LogP contribution < -0.4 is 0 Å². The van der Waals surface area contributed by atoms with Gasteiger partial charge in [-0.3, -0.25) is 9.59 Å². The lowest BCUT2D eigenvalue weighted by Crippen LogP contribution is -2.36. The number of hydrogen-bond acceptors (Lipinski definition) is 2. The number of carbonyl (C=O) groups excluding carboxylic acids is 2. The molecule has 4 nitrogen and oxygen atoms in total. The highest BCUT2D eigenvalue weighted by Crippen LogP contribution is 2.10. The summed E-state index contributed by atoms with van der Waals surface area (Å²) in [6.07, 6.45) is 5.15. The average molecular weight is 254 g/mol. The van der Waals surface area contributed by atoms with Crippen LogP contribution in [0.15, 0.2) is 0 Å². The van der Waals surface area contributed by atoms with Crippen molar-refractivity contribution >= 4 is 11.8 Å². The lowest BCUT2D eigenvalue weighted by atomic mass is 10.2. The van der Waals surface area contributed by atoms with Crippen molar-refractivity contribution < 1.29 is 9.59 Å². The zero-order chi connectivity index (χ0) is 13.4. The normalized spacial score (nSPS) is 14.9. The first-order valence-corrected chi connectivity index (χ1v) is 7.24. The second-order valence-corrected chi connectivity index (χ2v) is 4.97. The lowest BCUT2D eigenvalue weighted by Gasteiger charge is -2.23. The molecule has 0 aromatic rings. The molecule has 0 spiro atoms. The summed E-state index contributed by atoms with van der Waals surface area (Å²) in [5, 5.41) is 0. The fourth-order valence-electron chi connectivity index (χ4n) is 2.36. The summed E-state index contributed by atoms with van der Waals surface area (Å²) in [7, 11) is 0. The SMILES string of the molecule is CCCC(=O)N(CCC)CCC(=O)N1CCCC1. The van der Waals surface area contributed by atoms with Gasteiger partial charge in [-0.25, -0.2) is 0 Å². The highest BCUT2D eigenvalue weighted by molar-refractivity contribution is 5.79. The summed E-state index contributed by atoms with van der Waals surface area (Å²) in [5.74, 6) is 0.395. The van der Waals surface area contributed by atoms with E-state index in [9.17, 15) is 9.59 Å². The van der Waals surface area contributed by atoms with Gasteiger partial charge >= 0.3 is 0 Å². The zero-order valence-corrected chi connectivity index (χ0v) is 11.8. The minimum atomic E-state index is 0.188. The first-order valence-electron chi connectivity index (χ1n) is 7.24. The molecule has 1 heterocycles. The molecular weight excluding hydrogens is 228 g/mol. The minimum Gasteiger partial charge on any atom is -0.343 e. The Morgan fingerprint density at radius 3 is 2.22 bits per heavy atom. The Morgan fingerprint density at radius 1 is 1.00 bits per heavy atom. The number of amides is 2. The van der Waals surface area contributed by atoms with E-state index in [-0.39, 0.29) is 11.8 Å². The molecular formula is C14H26N2O2. The maximum atomic E-state index is 11.9. The van der Waals surface area contributed by atoms with Crippen molar-refractivity contribution in [3.05, 3.63) is 0 Å². The van der Waals surface area contributed by atoms with Crippen molar-refractivity contribution in [1.29, 1.82) is 0 Å². The lowest BCUT2D eigenvalue weighted by molar-refractivity contribution is -0.134. The third kappa shape index (κ3) is 4.67. The molecule has 104 valence electrons. The Kier molecular flexibility index (Phi) is 6.76. The van der Waals surface area contributed by atoms with Gasteiger partial charge in [-0.15, -0.1) is 0 Å². The van der Waals surface area contributed by atoms with Crippen LogP contribution in [0.1, 0.15) is 52.4 Å². The van der Waals surface area contributed by atoms with Crippen LogP contribution in [0.25, 0.3) is 0 Å². The van der Waals surface area contributed by atoms with Gasteiger partial charge in [0.25, 0.3) is 0 Å². The minimum absolute atomic E-state index is 0.188. The molecule has 1 rings (SSSR count). The molecule has 0 N–H and O–H groups in total. The van der Waals surface area contributed by atoms with Gasteiger partial charge in [0.05, 0.1) is 0 Å². The number of hydrogen-bond donors (Lipinski definition) is 0. The molecule has 0 saturated carbocycles. The largest absolute Gasteiger partial charge is 0.343 e. The van der Waals surface area contributed by atoms with Gasteiger partial charge in [-0.2, -0.15) is 0 Å². The summed E-state index contributed by atoms with van der Waals surface area (Å²) < 4.78 is 0. The Morgan fingerprint density at radius 2 is 1.67 bits per heavy atom. The standard InChI is InChI=1S/C14H26N2O2/c1-3-7-13(17)15(9-4-2)12-8-14(18)16-10-5-6-11-16/h3-12H2,1-2H3. The first-order chi connectivity index (χ1) is 8.69. The smallest absolute Gasteiger partial charge is 0.224 e. The van der Waals surface area contributed by atoms with Gasteiger partial charge in [-0.1, -0.05) is 13.8 Å². The van der Waals surface area contributed by atoms with Crippen LogP contribution >= 0.6 is 0 Å². The van der Waals surface area contributed by atoms with Crippen LogP contribution in [0.3, 0.4) is 0 Å². The topological polar surface area (TPSA) is 40.6 Å². The number of nitrogens with zero attached hydrogens (tertiary/aromatic N) is 2. The van der Waals surface area contributed by atoms with Gasteiger partial charge in [-0.05, 0) is 25.7 Å². The van der Waals surface area contributed by atoms with Crippen LogP contribution in [0, 0.1) is 0 Å². The van der Waals surface area contributed by atoms with Crippen molar-refractivity contribution in [2.24, 2.45) is 0 Å². The van der Waals surface area contributed by atoms with Crippen LogP contribution in [0.2, 0.25) is 0 Å². The van der Waals surface area contributed by atoms with Crippen LogP contribution in [-0.4, -0.2) is 47.8 Å². The summed E-state index contributed by atoms with van der Waals surface area (Å²) in [4.78, 5) is 27.6. The number of likely N-dealkylation sites (tertiary alicyclic amines) is 1. The Bertz CT molecular complexity index is 273. The average Bonchev–Trinajstić information content (AvgIpc) is 2.88. The maximum Gasteiger partial charge on any atom is 0.224 e. The number of carbonyl (C=O) groups is 2. The first kappa shape index (κ1) is 15.0. The molecule has 1 saturated heterocycles. The number of rotatable bonds is 7. The van der Waals surface area contributed by atoms with Gasteiger partial charge in [0.1, 0.15) is 0 Å². The van der Waals surface area contributed by atoms with E-state index in [4.69, 9.17) is 0 Å².